The summed E-state index contributed by atoms with van der Waals surface area (Å²) in [4.78, 5) is 19.3. The zero-order valence-corrected chi connectivity index (χ0v) is 13.7. The number of nitrogens with two attached hydrogens (primary N) is 1. The number of nitrogens with one attached hydrogen (secondary N) is 2. The lowest BCUT2D eigenvalue weighted by molar-refractivity contribution is 0.741. The standard InChI is InChI=1S/C15H16N8S/c16-9-2-1-5-23(7-9)15-21-10-3-4-18-14(13(10)24-15)22-12-6-11(17)19-8-20-12/h3-4,6,8,16H,1-2,5,7H2,(H3,17,18,19,20,22). The molecular formula is C15H16N8S. The van der Waals surface area contributed by atoms with Gasteiger partial charge in [-0.05, 0) is 18.9 Å². The average Bonchev–Trinajstić information content (AvgIpc) is 3.00. The summed E-state index contributed by atoms with van der Waals surface area (Å²) in [6.45, 7) is 1.58. The van der Waals surface area contributed by atoms with Crippen LogP contribution in [0.1, 0.15) is 12.8 Å². The molecule has 24 heavy (non-hydrogen) atoms. The Morgan fingerprint density at radius 3 is 3.04 bits per heavy atom. The highest BCUT2D eigenvalue weighted by Gasteiger charge is 2.19. The molecule has 1 fully saturated rings. The molecule has 4 N–H and O–H groups in total. The Hall–Kier alpha value is -2.81. The van der Waals surface area contributed by atoms with Crippen molar-refractivity contribution in [1.82, 2.24) is 19.9 Å². The number of nitrogens with zero attached hydrogens (tertiary/aromatic N) is 5. The van der Waals surface area contributed by atoms with Crippen LogP contribution in [0, 0.1) is 5.41 Å². The first-order valence-corrected chi connectivity index (χ1v) is 8.42. The van der Waals surface area contributed by atoms with Crippen molar-refractivity contribution in [3.05, 3.63) is 24.7 Å². The van der Waals surface area contributed by atoms with Gasteiger partial charge in [-0.25, -0.2) is 19.9 Å². The molecular weight excluding hydrogens is 324 g/mol. The van der Waals surface area contributed by atoms with E-state index in [9.17, 15) is 0 Å². The lowest BCUT2D eigenvalue weighted by Gasteiger charge is -2.26. The summed E-state index contributed by atoms with van der Waals surface area (Å²) in [5.41, 5.74) is 7.33. The normalized spacial score (nSPS) is 15.0. The highest BCUT2D eigenvalue weighted by atomic mass is 32.1. The number of pyridine rings is 1. The Balaban J connectivity index is 1.68. The molecule has 1 aliphatic heterocycles. The van der Waals surface area contributed by atoms with E-state index >= 15 is 0 Å². The van der Waals surface area contributed by atoms with Crippen molar-refractivity contribution in [2.75, 3.05) is 29.0 Å². The highest BCUT2D eigenvalue weighted by molar-refractivity contribution is 7.22. The Bertz CT molecular complexity index is 905. The summed E-state index contributed by atoms with van der Waals surface area (Å²) in [5.74, 6) is 1.69. The molecule has 0 aromatic carbocycles. The molecule has 0 bridgehead atoms. The van der Waals surface area contributed by atoms with E-state index in [2.05, 4.69) is 25.2 Å². The van der Waals surface area contributed by atoms with Crippen LogP contribution in [-0.4, -0.2) is 38.7 Å². The second-order valence-electron chi connectivity index (χ2n) is 5.59. The molecule has 1 aliphatic rings. The summed E-state index contributed by atoms with van der Waals surface area (Å²) < 4.78 is 0.960. The van der Waals surface area contributed by atoms with Crippen molar-refractivity contribution in [2.45, 2.75) is 12.8 Å². The third kappa shape index (κ3) is 2.85. The van der Waals surface area contributed by atoms with Gasteiger partial charge in [0.2, 0.25) is 0 Å². The van der Waals surface area contributed by atoms with Crippen LogP contribution in [0.2, 0.25) is 0 Å². The molecule has 0 radical (unpaired) electrons. The first-order chi connectivity index (χ1) is 11.7. The van der Waals surface area contributed by atoms with Gasteiger partial charge in [0.05, 0.1) is 16.8 Å². The molecule has 0 unspecified atom stereocenters. The van der Waals surface area contributed by atoms with Crippen molar-refractivity contribution in [1.29, 1.82) is 5.41 Å². The van der Waals surface area contributed by atoms with Gasteiger partial charge >= 0.3 is 0 Å². The summed E-state index contributed by atoms with van der Waals surface area (Å²) in [6.07, 6.45) is 5.01. The third-order valence-corrected chi connectivity index (χ3v) is 4.93. The van der Waals surface area contributed by atoms with Crippen molar-refractivity contribution >= 4 is 49.9 Å². The zero-order valence-electron chi connectivity index (χ0n) is 12.9. The first-order valence-electron chi connectivity index (χ1n) is 7.60. The predicted molar refractivity (Wildman–Crippen MR) is 96.3 cm³/mol. The summed E-state index contributed by atoms with van der Waals surface area (Å²) >= 11 is 1.57. The van der Waals surface area contributed by atoms with Gasteiger partial charge in [0.25, 0.3) is 0 Å². The predicted octanol–water partition coefficient (Wildman–Crippen LogP) is 2.43. The van der Waals surface area contributed by atoms with Gasteiger partial charge in [0, 0.05) is 24.5 Å². The van der Waals surface area contributed by atoms with E-state index in [1.54, 1.807) is 23.6 Å². The minimum Gasteiger partial charge on any atom is -0.384 e. The number of thiazole rings is 1. The number of aromatic nitrogens is 4. The van der Waals surface area contributed by atoms with E-state index in [1.165, 1.54) is 6.33 Å². The molecule has 1 saturated heterocycles. The fraction of sp³-hybridized carbons (Fsp3) is 0.267. The smallest absolute Gasteiger partial charge is 0.186 e. The monoisotopic (exact) mass is 340 g/mol. The Morgan fingerprint density at radius 1 is 1.29 bits per heavy atom. The molecule has 0 saturated carbocycles. The molecule has 0 atom stereocenters. The maximum absolute atomic E-state index is 7.90. The topological polar surface area (TPSA) is 117 Å². The van der Waals surface area contributed by atoms with Gasteiger partial charge in [-0.2, -0.15) is 0 Å². The van der Waals surface area contributed by atoms with E-state index < -0.39 is 0 Å². The molecule has 4 rings (SSSR count). The second-order valence-corrected chi connectivity index (χ2v) is 6.56. The largest absolute Gasteiger partial charge is 0.384 e. The van der Waals surface area contributed by atoms with Crippen LogP contribution < -0.4 is 16.0 Å². The number of anilines is 4. The SMILES string of the molecule is N=C1CCCN(c2nc3ccnc(Nc4cc(N)ncn4)c3s2)C1. The van der Waals surface area contributed by atoms with E-state index in [0.29, 0.717) is 24.0 Å². The van der Waals surface area contributed by atoms with E-state index in [1.807, 2.05) is 6.07 Å². The molecule has 4 heterocycles. The number of piperidine rings is 1. The van der Waals surface area contributed by atoms with Gasteiger partial charge in [-0.1, -0.05) is 11.3 Å². The van der Waals surface area contributed by atoms with Crippen LogP contribution in [0.4, 0.5) is 22.6 Å². The van der Waals surface area contributed by atoms with Crippen LogP contribution >= 0.6 is 11.3 Å². The molecule has 0 amide bonds. The lowest BCUT2D eigenvalue weighted by Crippen LogP contribution is -2.35. The van der Waals surface area contributed by atoms with Crippen molar-refractivity contribution < 1.29 is 0 Å². The fourth-order valence-corrected chi connectivity index (χ4v) is 3.70. The lowest BCUT2D eigenvalue weighted by atomic mass is 10.1. The number of hydrogen-bond acceptors (Lipinski definition) is 9. The maximum atomic E-state index is 7.90. The van der Waals surface area contributed by atoms with Crippen LogP contribution in [0.5, 0.6) is 0 Å². The van der Waals surface area contributed by atoms with E-state index in [0.717, 1.165) is 40.4 Å². The van der Waals surface area contributed by atoms with Crippen LogP contribution in [0.3, 0.4) is 0 Å². The number of fused-ring (bicyclic) bond motifs is 1. The summed E-state index contributed by atoms with van der Waals surface area (Å²) in [5, 5.41) is 12.0. The Kier molecular flexibility index (Phi) is 3.69. The van der Waals surface area contributed by atoms with Crippen molar-refractivity contribution in [3.8, 4) is 0 Å². The van der Waals surface area contributed by atoms with Gasteiger partial charge in [0.15, 0.2) is 10.9 Å². The number of nitrogen functional groups attached to an aromatic ring is 1. The van der Waals surface area contributed by atoms with Crippen LogP contribution in [-0.2, 0) is 0 Å². The Labute approximate surface area is 142 Å². The van der Waals surface area contributed by atoms with Crippen molar-refractivity contribution in [2.24, 2.45) is 0 Å². The molecule has 0 aliphatic carbocycles. The average molecular weight is 340 g/mol. The second kappa shape index (κ2) is 6.00. The summed E-state index contributed by atoms with van der Waals surface area (Å²) in [6, 6.07) is 3.55. The fourth-order valence-electron chi connectivity index (χ4n) is 2.67. The van der Waals surface area contributed by atoms with Crippen LogP contribution in [0.15, 0.2) is 24.7 Å². The zero-order chi connectivity index (χ0) is 16.5. The quantitative estimate of drug-likeness (QED) is 0.670. The van der Waals surface area contributed by atoms with Gasteiger partial charge in [0.1, 0.15) is 18.0 Å². The summed E-state index contributed by atoms with van der Waals surface area (Å²) in [7, 11) is 0. The van der Waals surface area contributed by atoms with E-state index in [4.69, 9.17) is 16.1 Å². The van der Waals surface area contributed by atoms with Crippen LogP contribution in [0.25, 0.3) is 10.2 Å². The number of rotatable bonds is 3. The van der Waals surface area contributed by atoms with Gasteiger partial charge in [-0.15, -0.1) is 0 Å². The molecule has 3 aromatic heterocycles. The maximum Gasteiger partial charge on any atom is 0.186 e. The molecule has 8 nitrogen and oxygen atoms in total. The molecule has 9 heteroatoms. The Morgan fingerprint density at radius 2 is 2.21 bits per heavy atom. The van der Waals surface area contributed by atoms with E-state index in [-0.39, 0.29) is 0 Å². The highest BCUT2D eigenvalue weighted by Crippen LogP contribution is 2.34. The molecule has 3 aromatic rings. The number of hydrogen-bond donors (Lipinski definition) is 3. The first kappa shape index (κ1) is 14.8. The van der Waals surface area contributed by atoms with Crippen molar-refractivity contribution in [3.63, 3.8) is 0 Å². The minimum atomic E-state index is 0.400. The molecule has 122 valence electrons. The molecule has 0 spiro atoms. The minimum absolute atomic E-state index is 0.400. The van der Waals surface area contributed by atoms with Gasteiger partial charge < -0.3 is 21.4 Å². The van der Waals surface area contributed by atoms with Gasteiger partial charge in [-0.3, -0.25) is 0 Å². The third-order valence-electron chi connectivity index (χ3n) is 3.79.